The molecule has 4 aromatic rings. The molecule has 2 aromatic heterocycles. The zero-order valence-corrected chi connectivity index (χ0v) is 15.3. The van der Waals surface area contributed by atoms with E-state index in [-0.39, 0.29) is 11.3 Å². The monoisotopic (exact) mass is 377 g/mol. The van der Waals surface area contributed by atoms with Gasteiger partial charge < -0.3 is 4.74 Å². The maximum absolute atomic E-state index is 12.4. The molecule has 0 saturated carbocycles. The lowest BCUT2D eigenvalue weighted by atomic mass is 10.2. The zero-order chi connectivity index (χ0) is 18.8. The molecule has 0 radical (unpaired) electrons. The number of ether oxygens (including phenoxy) is 1. The molecular formula is C20H15N3O3S. The number of nitrogens with zero attached hydrogens (tertiary/aromatic N) is 3. The van der Waals surface area contributed by atoms with Crippen molar-refractivity contribution in [2.45, 2.75) is 13.5 Å². The van der Waals surface area contributed by atoms with Crippen LogP contribution in [0.1, 0.15) is 16.8 Å². The SMILES string of the molecule is Cc1nn2c(=O)/c(=C\c3ccc(OCc4ccccc4)cc3)sc2nc1=O. The van der Waals surface area contributed by atoms with E-state index < -0.39 is 5.56 Å². The van der Waals surface area contributed by atoms with Crippen LogP contribution in [0.25, 0.3) is 11.0 Å². The summed E-state index contributed by atoms with van der Waals surface area (Å²) in [6.07, 6.45) is 1.75. The first-order chi connectivity index (χ1) is 13.1. The molecule has 0 amide bonds. The predicted octanol–water partition coefficient (Wildman–Crippen LogP) is 1.95. The Hall–Kier alpha value is -3.32. The first kappa shape index (κ1) is 17.1. The fourth-order valence-corrected chi connectivity index (χ4v) is 3.44. The number of thiazole rings is 1. The summed E-state index contributed by atoms with van der Waals surface area (Å²) in [6, 6.07) is 17.4. The molecular weight excluding hydrogens is 362 g/mol. The highest BCUT2D eigenvalue weighted by molar-refractivity contribution is 7.15. The van der Waals surface area contributed by atoms with Crippen LogP contribution in [0, 0.1) is 6.92 Å². The molecule has 0 aliphatic carbocycles. The lowest BCUT2D eigenvalue weighted by Gasteiger charge is -2.06. The van der Waals surface area contributed by atoms with E-state index in [4.69, 9.17) is 4.74 Å². The van der Waals surface area contributed by atoms with E-state index in [0.29, 0.717) is 16.1 Å². The van der Waals surface area contributed by atoms with Gasteiger partial charge in [0.2, 0.25) is 4.96 Å². The van der Waals surface area contributed by atoms with Gasteiger partial charge >= 0.3 is 0 Å². The normalized spacial score (nSPS) is 11.8. The number of rotatable bonds is 4. The van der Waals surface area contributed by atoms with Gasteiger partial charge in [0.15, 0.2) is 0 Å². The molecule has 0 aliphatic rings. The van der Waals surface area contributed by atoms with Crippen LogP contribution in [0.15, 0.2) is 64.2 Å². The summed E-state index contributed by atoms with van der Waals surface area (Å²) in [7, 11) is 0. The van der Waals surface area contributed by atoms with Crippen molar-refractivity contribution in [1.82, 2.24) is 14.6 Å². The molecule has 0 unspecified atom stereocenters. The highest BCUT2D eigenvalue weighted by atomic mass is 32.1. The predicted molar refractivity (Wildman–Crippen MR) is 104 cm³/mol. The van der Waals surface area contributed by atoms with Crippen molar-refractivity contribution < 1.29 is 4.74 Å². The molecule has 2 heterocycles. The molecule has 27 heavy (non-hydrogen) atoms. The fourth-order valence-electron chi connectivity index (χ4n) is 2.54. The van der Waals surface area contributed by atoms with E-state index in [1.807, 2.05) is 54.6 Å². The minimum Gasteiger partial charge on any atom is -0.489 e. The van der Waals surface area contributed by atoms with Crippen molar-refractivity contribution in [3.8, 4) is 5.75 Å². The van der Waals surface area contributed by atoms with Gasteiger partial charge in [-0.05, 0) is 36.3 Å². The van der Waals surface area contributed by atoms with Gasteiger partial charge in [-0.2, -0.15) is 14.6 Å². The number of hydrogen-bond donors (Lipinski definition) is 0. The Morgan fingerprint density at radius 3 is 2.56 bits per heavy atom. The highest BCUT2D eigenvalue weighted by Gasteiger charge is 2.08. The second-order valence-corrected chi connectivity index (χ2v) is 6.96. The van der Waals surface area contributed by atoms with E-state index >= 15 is 0 Å². The molecule has 0 N–H and O–H groups in total. The fraction of sp³-hybridized carbons (Fsp3) is 0.100. The zero-order valence-electron chi connectivity index (χ0n) is 14.5. The van der Waals surface area contributed by atoms with Crippen molar-refractivity contribution in [3.63, 3.8) is 0 Å². The maximum atomic E-state index is 12.4. The van der Waals surface area contributed by atoms with Gasteiger partial charge in [-0.1, -0.05) is 53.8 Å². The largest absolute Gasteiger partial charge is 0.489 e. The van der Waals surface area contributed by atoms with Crippen molar-refractivity contribution in [1.29, 1.82) is 0 Å². The summed E-state index contributed by atoms with van der Waals surface area (Å²) < 4.78 is 7.41. The number of aryl methyl sites for hydroxylation is 1. The molecule has 4 rings (SSSR count). The van der Waals surface area contributed by atoms with Crippen molar-refractivity contribution in [2.75, 3.05) is 0 Å². The highest BCUT2D eigenvalue weighted by Crippen LogP contribution is 2.14. The summed E-state index contributed by atoms with van der Waals surface area (Å²) in [5, 5.41) is 4.00. The lowest BCUT2D eigenvalue weighted by Crippen LogP contribution is -2.27. The van der Waals surface area contributed by atoms with Gasteiger partial charge in [0.25, 0.3) is 11.1 Å². The molecule has 6 nitrogen and oxygen atoms in total. The van der Waals surface area contributed by atoms with Crippen molar-refractivity contribution in [3.05, 3.63) is 96.7 Å². The van der Waals surface area contributed by atoms with Gasteiger partial charge in [-0.3, -0.25) is 9.59 Å². The van der Waals surface area contributed by atoms with E-state index in [1.54, 1.807) is 6.08 Å². The third kappa shape index (κ3) is 3.63. The molecule has 0 bridgehead atoms. The Kier molecular flexibility index (Phi) is 4.52. The molecule has 0 fully saturated rings. The Labute approximate surface area is 158 Å². The van der Waals surface area contributed by atoms with Crippen LogP contribution in [0.5, 0.6) is 5.75 Å². The van der Waals surface area contributed by atoms with Crippen LogP contribution in [-0.2, 0) is 6.61 Å². The van der Waals surface area contributed by atoms with E-state index in [0.717, 1.165) is 28.2 Å². The molecule has 134 valence electrons. The lowest BCUT2D eigenvalue weighted by molar-refractivity contribution is 0.306. The summed E-state index contributed by atoms with van der Waals surface area (Å²) in [5.41, 5.74) is 1.46. The van der Waals surface area contributed by atoms with E-state index in [1.165, 1.54) is 11.4 Å². The third-order valence-corrected chi connectivity index (χ3v) is 4.93. The molecule has 0 aliphatic heterocycles. The van der Waals surface area contributed by atoms with Crippen LogP contribution in [-0.4, -0.2) is 14.6 Å². The van der Waals surface area contributed by atoms with Crippen LogP contribution in [0.3, 0.4) is 0 Å². The molecule has 0 atom stereocenters. The van der Waals surface area contributed by atoms with Gasteiger partial charge in [-0.25, -0.2) is 0 Å². The van der Waals surface area contributed by atoms with Crippen LogP contribution in [0.4, 0.5) is 0 Å². The molecule has 0 saturated heterocycles. The molecule has 0 spiro atoms. The topological polar surface area (TPSA) is 73.6 Å². The number of hydrogen-bond acceptors (Lipinski definition) is 6. The summed E-state index contributed by atoms with van der Waals surface area (Å²) in [5.74, 6) is 0.749. The molecule has 7 heteroatoms. The second-order valence-electron chi connectivity index (χ2n) is 5.96. The Bertz CT molecular complexity index is 1260. The van der Waals surface area contributed by atoms with E-state index in [2.05, 4.69) is 10.1 Å². The summed E-state index contributed by atoms with van der Waals surface area (Å²) >= 11 is 1.14. The summed E-state index contributed by atoms with van der Waals surface area (Å²) in [4.78, 5) is 28.2. The smallest absolute Gasteiger partial charge is 0.295 e. The number of benzene rings is 2. The molecule has 2 aromatic carbocycles. The summed E-state index contributed by atoms with van der Waals surface area (Å²) in [6.45, 7) is 2.03. The van der Waals surface area contributed by atoms with Crippen LogP contribution >= 0.6 is 11.3 Å². The Morgan fingerprint density at radius 2 is 1.81 bits per heavy atom. The Balaban J connectivity index is 1.59. The quantitative estimate of drug-likeness (QED) is 0.543. The standard InChI is InChI=1S/C20H15N3O3S/c1-13-18(24)21-20-23(22-13)19(25)17(27-20)11-14-7-9-16(10-8-14)26-12-15-5-3-2-4-6-15/h2-11H,12H2,1H3/b17-11+. The second kappa shape index (κ2) is 7.13. The maximum Gasteiger partial charge on any atom is 0.295 e. The first-order valence-electron chi connectivity index (χ1n) is 8.29. The average molecular weight is 377 g/mol. The van der Waals surface area contributed by atoms with Crippen LogP contribution < -0.4 is 20.4 Å². The number of aromatic nitrogens is 3. The van der Waals surface area contributed by atoms with Gasteiger partial charge in [0.1, 0.15) is 18.1 Å². The minimum absolute atomic E-state index is 0.203. The van der Waals surface area contributed by atoms with Crippen molar-refractivity contribution in [2.24, 2.45) is 0 Å². The van der Waals surface area contributed by atoms with Gasteiger partial charge in [0, 0.05) is 0 Å². The van der Waals surface area contributed by atoms with Gasteiger partial charge in [0.05, 0.1) is 4.53 Å². The first-order valence-corrected chi connectivity index (χ1v) is 9.11. The average Bonchev–Trinajstić information content (AvgIpc) is 2.97. The Morgan fingerprint density at radius 1 is 1.07 bits per heavy atom. The van der Waals surface area contributed by atoms with Crippen molar-refractivity contribution >= 4 is 22.4 Å². The minimum atomic E-state index is -0.414. The number of fused-ring (bicyclic) bond motifs is 1. The van der Waals surface area contributed by atoms with Gasteiger partial charge in [-0.15, -0.1) is 0 Å². The van der Waals surface area contributed by atoms with E-state index in [9.17, 15) is 9.59 Å². The third-order valence-electron chi connectivity index (χ3n) is 3.97. The van der Waals surface area contributed by atoms with Crippen LogP contribution in [0.2, 0.25) is 0 Å².